The van der Waals surface area contributed by atoms with Crippen LogP contribution in [0.3, 0.4) is 0 Å². The molecule has 0 aliphatic carbocycles. The van der Waals surface area contributed by atoms with Crippen molar-refractivity contribution >= 4 is 21.9 Å². The van der Waals surface area contributed by atoms with Crippen LogP contribution in [0.4, 0.5) is 8.78 Å². The fraction of sp³-hybridized carbons (Fsp3) is 0.300. The zero-order chi connectivity index (χ0) is 13.0. The Morgan fingerprint density at radius 1 is 1.71 bits per heavy atom. The Morgan fingerprint density at radius 2 is 2.35 bits per heavy atom. The lowest BCUT2D eigenvalue weighted by Gasteiger charge is -2.09. The van der Waals surface area contributed by atoms with Crippen LogP contribution in [-0.2, 0) is 4.74 Å². The number of hydrogen-bond donors (Lipinski definition) is 0. The number of carbonyl (C=O) groups is 1. The molecule has 4 nitrogen and oxygen atoms in total. The number of ether oxygens (including phenoxy) is 1. The van der Waals surface area contributed by atoms with Crippen LogP contribution < -0.4 is 0 Å². The van der Waals surface area contributed by atoms with Crippen molar-refractivity contribution in [2.24, 2.45) is 0 Å². The van der Waals surface area contributed by atoms with E-state index in [1.165, 1.54) is 0 Å². The lowest BCUT2D eigenvalue weighted by Crippen LogP contribution is -2.11. The molecule has 7 heteroatoms. The lowest BCUT2D eigenvalue weighted by atomic mass is 10.1. The molecule has 0 saturated heterocycles. The summed E-state index contributed by atoms with van der Waals surface area (Å²) in [6, 6.07) is 2.51. The summed E-state index contributed by atoms with van der Waals surface area (Å²) in [6.07, 6.45) is -2.89. The first-order chi connectivity index (χ1) is 8.01. The molecule has 1 rings (SSSR count). The molecular weight excluding hydrogens is 298 g/mol. The highest BCUT2D eigenvalue weighted by Gasteiger charge is 2.24. The standard InChI is InChI=1S/C10H7BrF2N2O2/c1-2-17-10(16)7-6(9(12)13)3-5(4-14)15-8(7)11/h3,9H,2H2,1H3. The van der Waals surface area contributed by atoms with Crippen LogP contribution in [0.2, 0.25) is 0 Å². The number of carbonyl (C=O) groups excluding carboxylic acids is 1. The normalized spacial score (nSPS) is 10.1. The van der Waals surface area contributed by atoms with Gasteiger partial charge in [0, 0.05) is 5.56 Å². The fourth-order valence-corrected chi connectivity index (χ4v) is 1.75. The Morgan fingerprint density at radius 3 is 2.82 bits per heavy atom. The van der Waals surface area contributed by atoms with Crippen molar-refractivity contribution in [3.63, 3.8) is 0 Å². The third kappa shape index (κ3) is 2.97. The molecule has 0 radical (unpaired) electrons. The van der Waals surface area contributed by atoms with Crippen LogP contribution in [0.1, 0.15) is 35.0 Å². The van der Waals surface area contributed by atoms with E-state index in [2.05, 4.69) is 25.7 Å². The van der Waals surface area contributed by atoms with Crippen molar-refractivity contribution < 1.29 is 18.3 Å². The summed E-state index contributed by atoms with van der Waals surface area (Å²) >= 11 is 2.88. The van der Waals surface area contributed by atoms with Gasteiger partial charge in [-0.3, -0.25) is 0 Å². The van der Waals surface area contributed by atoms with Crippen LogP contribution in [0.25, 0.3) is 0 Å². The van der Waals surface area contributed by atoms with Crippen molar-refractivity contribution in [3.05, 3.63) is 27.5 Å². The van der Waals surface area contributed by atoms with E-state index in [0.717, 1.165) is 6.07 Å². The van der Waals surface area contributed by atoms with Crippen LogP contribution in [0.15, 0.2) is 10.7 Å². The summed E-state index contributed by atoms with van der Waals surface area (Å²) in [4.78, 5) is 15.1. The minimum Gasteiger partial charge on any atom is -0.462 e. The van der Waals surface area contributed by atoms with E-state index < -0.39 is 18.0 Å². The highest BCUT2D eigenvalue weighted by Crippen LogP contribution is 2.28. The monoisotopic (exact) mass is 304 g/mol. The molecule has 0 spiro atoms. The molecule has 0 aromatic carbocycles. The van der Waals surface area contributed by atoms with Crippen LogP contribution in [0, 0.1) is 11.3 Å². The maximum Gasteiger partial charge on any atom is 0.341 e. The van der Waals surface area contributed by atoms with Gasteiger partial charge in [-0.25, -0.2) is 18.6 Å². The second-order valence-corrected chi connectivity index (χ2v) is 3.65. The quantitative estimate of drug-likeness (QED) is 0.636. The SMILES string of the molecule is CCOC(=O)c1c(C(F)F)cc(C#N)nc1Br. The zero-order valence-corrected chi connectivity index (χ0v) is 10.3. The number of pyridine rings is 1. The van der Waals surface area contributed by atoms with E-state index in [-0.39, 0.29) is 22.5 Å². The van der Waals surface area contributed by atoms with Gasteiger partial charge in [-0.15, -0.1) is 0 Å². The van der Waals surface area contributed by atoms with E-state index >= 15 is 0 Å². The van der Waals surface area contributed by atoms with Crippen LogP contribution in [-0.4, -0.2) is 17.6 Å². The predicted molar refractivity (Wildman–Crippen MR) is 57.6 cm³/mol. The topological polar surface area (TPSA) is 63.0 Å². The van der Waals surface area contributed by atoms with E-state index in [1.54, 1.807) is 13.0 Å². The van der Waals surface area contributed by atoms with Crippen molar-refractivity contribution in [3.8, 4) is 6.07 Å². The first-order valence-electron chi connectivity index (χ1n) is 4.57. The fourth-order valence-electron chi connectivity index (χ4n) is 1.17. The van der Waals surface area contributed by atoms with Gasteiger partial charge in [0.25, 0.3) is 6.43 Å². The Kier molecular flexibility index (Phi) is 4.52. The molecule has 0 amide bonds. The summed E-state index contributed by atoms with van der Waals surface area (Å²) in [6.45, 7) is 1.62. The minimum atomic E-state index is -2.89. The van der Waals surface area contributed by atoms with Crippen molar-refractivity contribution in [1.82, 2.24) is 4.98 Å². The number of esters is 1. The number of nitrogens with zero attached hydrogens (tertiary/aromatic N) is 2. The minimum absolute atomic E-state index is 0.0634. The molecule has 0 N–H and O–H groups in total. The molecule has 90 valence electrons. The summed E-state index contributed by atoms with van der Waals surface area (Å²) < 4.78 is 30.0. The number of hydrogen-bond acceptors (Lipinski definition) is 4. The van der Waals surface area contributed by atoms with Gasteiger partial charge in [0.1, 0.15) is 21.9 Å². The van der Waals surface area contributed by atoms with Gasteiger partial charge in [-0.2, -0.15) is 5.26 Å². The number of halogens is 3. The highest BCUT2D eigenvalue weighted by molar-refractivity contribution is 9.10. The summed E-state index contributed by atoms with van der Waals surface area (Å²) in [5, 5.41) is 8.61. The van der Waals surface area contributed by atoms with Gasteiger partial charge in [-0.05, 0) is 28.9 Å². The lowest BCUT2D eigenvalue weighted by molar-refractivity contribution is 0.0513. The van der Waals surface area contributed by atoms with Crippen LogP contribution in [0.5, 0.6) is 0 Å². The largest absolute Gasteiger partial charge is 0.462 e. The second kappa shape index (κ2) is 5.68. The highest BCUT2D eigenvalue weighted by atomic mass is 79.9. The first-order valence-corrected chi connectivity index (χ1v) is 5.36. The summed E-state index contributed by atoms with van der Waals surface area (Å²) in [5.41, 5.74) is -1.11. The molecule has 0 bridgehead atoms. The van der Waals surface area contributed by atoms with Gasteiger partial charge >= 0.3 is 5.97 Å². The van der Waals surface area contributed by atoms with E-state index in [9.17, 15) is 13.6 Å². The van der Waals surface area contributed by atoms with E-state index in [1.807, 2.05) is 0 Å². The third-order valence-corrected chi connectivity index (χ3v) is 2.41. The second-order valence-electron chi connectivity index (χ2n) is 2.90. The maximum atomic E-state index is 12.8. The molecule has 0 unspecified atom stereocenters. The molecule has 1 aromatic rings. The maximum absolute atomic E-state index is 12.8. The number of alkyl halides is 2. The Hall–Kier alpha value is -1.55. The Bertz CT molecular complexity index is 486. The molecule has 0 fully saturated rings. The smallest absolute Gasteiger partial charge is 0.341 e. The number of aromatic nitrogens is 1. The average Bonchev–Trinajstić information content (AvgIpc) is 2.27. The zero-order valence-electron chi connectivity index (χ0n) is 8.71. The number of nitriles is 1. The summed E-state index contributed by atoms with van der Waals surface area (Å²) in [7, 11) is 0. The van der Waals surface area contributed by atoms with Crippen molar-refractivity contribution in [2.75, 3.05) is 6.61 Å². The van der Waals surface area contributed by atoms with Crippen molar-refractivity contribution in [1.29, 1.82) is 5.26 Å². The molecule has 0 aliphatic rings. The molecule has 1 heterocycles. The molecule has 0 atom stereocenters. The molecule has 1 aromatic heterocycles. The van der Waals surface area contributed by atoms with Gasteiger partial charge in [0.05, 0.1) is 6.61 Å². The third-order valence-electron chi connectivity index (χ3n) is 1.84. The Labute approximate surface area is 104 Å². The molecule has 17 heavy (non-hydrogen) atoms. The molecule has 0 saturated carbocycles. The first kappa shape index (κ1) is 13.5. The van der Waals surface area contributed by atoms with Gasteiger partial charge in [0.2, 0.25) is 0 Å². The van der Waals surface area contributed by atoms with Gasteiger partial charge in [-0.1, -0.05) is 0 Å². The summed E-state index contributed by atoms with van der Waals surface area (Å²) in [5.74, 6) is -0.897. The predicted octanol–water partition coefficient (Wildman–Crippen LogP) is 2.83. The van der Waals surface area contributed by atoms with Crippen LogP contribution >= 0.6 is 15.9 Å². The Balaban J connectivity index is 3.37. The molecular formula is C10H7BrF2N2O2. The van der Waals surface area contributed by atoms with E-state index in [0.29, 0.717) is 0 Å². The van der Waals surface area contributed by atoms with Gasteiger partial charge in [0.15, 0.2) is 0 Å². The van der Waals surface area contributed by atoms with Crippen molar-refractivity contribution in [2.45, 2.75) is 13.3 Å². The van der Waals surface area contributed by atoms with Gasteiger partial charge < -0.3 is 4.74 Å². The van der Waals surface area contributed by atoms with E-state index in [4.69, 9.17) is 5.26 Å². The molecule has 0 aliphatic heterocycles. The number of rotatable bonds is 3. The average molecular weight is 305 g/mol.